The lowest BCUT2D eigenvalue weighted by Gasteiger charge is -2.27. The molecular formula is C16H17ClN2O3S. The van der Waals surface area contributed by atoms with E-state index in [1.165, 1.54) is 25.3 Å². The minimum absolute atomic E-state index is 0.105. The third-order valence-electron chi connectivity index (χ3n) is 3.80. The molecule has 1 amide bonds. The number of rotatable bonds is 2. The quantitative estimate of drug-likeness (QED) is 0.825. The zero-order valence-electron chi connectivity index (χ0n) is 12.7. The van der Waals surface area contributed by atoms with Gasteiger partial charge in [0.25, 0.3) is 5.91 Å². The molecule has 1 saturated heterocycles. The highest BCUT2D eigenvalue weighted by atomic mass is 35.5. The number of amidine groups is 1. The van der Waals surface area contributed by atoms with Crippen LogP contribution in [-0.4, -0.2) is 41.3 Å². The highest BCUT2D eigenvalue weighted by Gasteiger charge is 2.27. The number of phenolic OH excluding ortho intramolecular Hbond substituents is 1. The topological polar surface area (TPSA) is 62.1 Å². The number of ether oxygens (including phenoxy) is 1. The molecule has 23 heavy (non-hydrogen) atoms. The second-order valence-electron chi connectivity index (χ2n) is 5.41. The van der Waals surface area contributed by atoms with Crippen molar-refractivity contribution in [3.63, 3.8) is 0 Å². The van der Waals surface area contributed by atoms with E-state index in [4.69, 9.17) is 16.3 Å². The molecule has 3 rings (SSSR count). The summed E-state index contributed by atoms with van der Waals surface area (Å²) in [6.45, 7) is 1.90. The highest BCUT2D eigenvalue weighted by Crippen LogP contribution is 2.37. The maximum Gasteiger partial charge on any atom is 0.286 e. The van der Waals surface area contributed by atoms with Crippen molar-refractivity contribution in [2.45, 2.75) is 19.3 Å². The number of benzene rings is 1. The number of phenols is 1. The minimum atomic E-state index is -0.237. The van der Waals surface area contributed by atoms with Gasteiger partial charge in [-0.05, 0) is 54.8 Å². The number of nitrogens with zero attached hydrogens (tertiary/aromatic N) is 2. The molecule has 0 radical (unpaired) electrons. The molecule has 0 unspecified atom stereocenters. The summed E-state index contributed by atoms with van der Waals surface area (Å²) >= 11 is 7.37. The molecule has 2 aliphatic heterocycles. The van der Waals surface area contributed by atoms with E-state index < -0.39 is 0 Å². The van der Waals surface area contributed by atoms with Crippen molar-refractivity contribution in [1.29, 1.82) is 0 Å². The van der Waals surface area contributed by atoms with E-state index in [9.17, 15) is 9.90 Å². The van der Waals surface area contributed by atoms with E-state index in [-0.39, 0.29) is 22.4 Å². The molecule has 0 aromatic heterocycles. The van der Waals surface area contributed by atoms with Crippen molar-refractivity contribution in [3.8, 4) is 11.5 Å². The van der Waals surface area contributed by atoms with Crippen LogP contribution < -0.4 is 4.74 Å². The molecule has 7 heteroatoms. The van der Waals surface area contributed by atoms with Gasteiger partial charge < -0.3 is 14.7 Å². The Bertz CT molecular complexity index is 697. The van der Waals surface area contributed by atoms with Crippen LogP contribution in [0.2, 0.25) is 5.02 Å². The molecule has 0 saturated carbocycles. The fourth-order valence-electron chi connectivity index (χ4n) is 2.60. The van der Waals surface area contributed by atoms with E-state index in [2.05, 4.69) is 9.89 Å². The molecule has 1 aromatic carbocycles. The Morgan fingerprint density at radius 3 is 2.78 bits per heavy atom. The van der Waals surface area contributed by atoms with E-state index in [1.54, 1.807) is 18.2 Å². The Morgan fingerprint density at radius 1 is 1.35 bits per heavy atom. The normalized spacial score (nSPS) is 20.1. The number of piperidine rings is 1. The average Bonchev–Trinajstić information content (AvgIpc) is 2.92. The van der Waals surface area contributed by atoms with E-state index in [1.807, 2.05) is 0 Å². The van der Waals surface area contributed by atoms with Crippen LogP contribution in [0.15, 0.2) is 22.0 Å². The average molecular weight is 353 g/mol. The van der Waals surface area contributed by atoms with Gasteiger partial charge in [0.1, 0.15) is 0 Å². The minimum Gasteiger partial charge on any atom is -0.503 e. The van der Waals surface area contributed by atoms with Gasteiger partial charge in [-0.15, -0.1) is 0 Å². The lowest BCUT2D eigenvalue weighted by atomic mass is 10.1. The van der Waals surface area contributed by atoms with Crippen molar-refractivity contribution < 1.29 is 14.6 Å². The number of likely N-dealkylation sites (tertiary alicyclic amines) is 1. The Hall–Kier alpha value is -1.66. The molecule has 5 nitrogen and oxygen atoms in total. The number of hydrogen-bond donors (Lipinski definition) is 1. The largest absolute Gasteiger partial charge is 0.503 e. The molecule has 0 atom stereocenters. The molecule has 122 valence electrons. The van der Waals surface area contributed by atoms with Crippen molar-refractivity contribution >= 4 is 40.5 Å². The van der Waals surface area contributed by atoms with Crippen LogP contribution >= 0.6 is 23.4 Å². The van der Waals surface area contributed by atoms with Crippen molar-refractivity contribution in [2.75, 3.05) is 20.2 Å². The first kappa shape index (κ1) is 16.2. The lowest BCUT2D eigenvalue weighted by Crippen LogP contribution is -2.33. The van der Waals surface area contributed by atoms with Gasteiger partial charge in [-0.1, -0.05) is 11.6 Å². The number of methoxy groups -OCH3 is 1. The smallest absolute Gasteiger partial charge is 0.286 e. The van der Waals surface area contributed by atoms with Gasteiger partial charge in [0, 0.05) is 13.1 Å². The third-order valence-corrected chi connectivity index (χ3v) is 5.14. The fourth-order valence-corrected chi connectivity index (χ4v) is 3.79. The summed E-state index contributed by atoms with van der Waals surface area (Å²) in [7, 11) is 1.45. The summed E-state index contributed by atoms with van der Waals surface area (Å²) in [4.78, 5) is 19.0. The Morgan fingerprint density at radius 2 is 2.09 bits per heavy atom. The van der Waals surface area contributed by atoms with Crippen LogP contribution in [0.1, 0.15) is 24.8 Å². The number of halogens is 1. The fraction of sp³-hybridized carbons (Fsp3) is 0.375. The first-order valence-corrected chi connectivity index (χ1v) is 8.62. The Kier molecular flexibility index (Phi) is 4.82. The Labute approximate surface area is 144 Å². The molecular weight excluding hydrogens is 336 g/mol. The molecule has 1 aromatic rings. The summed E-state index contributed by atoms with van der Waals surface area (Å²) in [5.74, 6) is -0.0670. The maximum atomic E-state index is 12.1. The molecule has 0 spiro atoms. The number of carbonyl (C=O) groups is 1. The van der Waals surface area contributed by atoms with E-state index in [0.29, 0.717) is 10.5 Å². The van der Waals surface area contributed by atoms with Gasteiger partial charge >= 0.3 is 0 Å². The van der Waals surface area contributed by atoms with Gasteiger partial charge in [-0.25, -0.2) is 0 Å². The highest BCUT2D eigenvalue weighted by molar-refractivity contribution is 8.18. The number of carbonyl (C=O) groups excluding carboxylic acids is 1. The molecule has 2 heterocycles. The molecule has 1 N–H and O–H groups in total. The standard InChI is InChI=1S/C16H17ClN2O3S/c1-22-12-8-10(7-11(17)14(12)20)9-13-15(21)18-16(23-13)19-5-3-2-4-6-19/h7-9,20H,2-6H2,1H3/b13-9+. The zero-order chi connectivity index (χ0) is 16.4. The number of aromatic hydroxyl groups is 1. The summed E-state index contributed by atoms with van der Waals surface area (Å²) in [6, 6.07) is 3.24. The van der Waals surface area contributed by atoms with Crippen LogP contribution in [0.4, 0.5) is 0 Å². The predicted octanol–water partition coefficient (Wildman–Crippen LogP) is 3.51. The summed E-state index contributed by atoms with van der Waals surface area (Å²) in [5.41, 5.74) is 0.690. The van der Waals surface area contributed by atoms with Crippen molar-refractivity contribution in [3.05, 3.63) is 27.6 Å². The molecule has 0 aliphatic carbocycles. The Balaban J connectivity index is 1.81. The number of amides is 1. The third kappa shape index (κ3) is 3.48. The second-order valence-corrected chi connectivity index (χ2v) is 6.83. The summed E-state index contributed by atoms with van der Waals surface area (Å²) < 4.78 is 5.08. The number of thioether (sulfide) groups is 1. The SMILES string of the molecule is COc1cc(/C=C2/SC(N3CCCCC3)=NC2=O)cc(Cl)c1O. The predicted molar refractivity (Wildman–Crippen MR) is 93.1 cm³/mol. The number of hydrogen-bond acceptors (Lipinski definition) is 5. The lowest BCUT2D eigenvalue weighted by molar-refractivity contribution is -0.113. The van der Waals surface area contributed by atoms with Crippen LogP contribution in [0.25, 0.3) is 6.08 Å². The van der Waals surface area contributed by atoms with Gasteiger partial charge in [-0.2, -0.15) is 4.99 Å². The first-order chi connectivity index (χ1) is 11.1. The molecule has 0 bridgehead atoms. The second kappa shape index (κ2) is 6.84. The zero-order valence-corrected chi connectivity index (χ0v) is 14.3. The monoisotopic (exact) mass is 352 g/mol. The first-order valence-electron chi connectivity index (χ1n) is 7.42. The van der Waals surface area contributed by atoms with E-state index >= 15 is 0 Å². The van der Waals surface area contributed by atoms with Crippen molar-refractivity contribution in [1.82, 2.24) is 4.90 Å². The van der Waals surface area contributed by atoms with Gasteiger partial charge in [0.15, 0.2) is 16.7 Å². The number of aliphatic imine (C=N–C) groups is 1. The van der Waals surface area contributed by atoms with Gasteiger partial charge in [0.05, 0.1) is 17.0 Å². The van der Waals surface area contributed by atoms with Gasteiger partial charge in [-0.3, -0.25) is 4.79 Å². The summed E-state index contributed by atoms with van der Waals surface area (Å²) in [6.07, 6.45) is 5.23. The van der Waals surface area contributed by atoms with Crippen LogP contribution in [0, 0.1) is 0 Å². The maximum absolute atomic E-state index is 12.1. The van der Waals surface area contributed by atoms with Crippen LogP contribution in [0.3, 0.4) is 0 Å². The molecule has 1 fully saturated rings. The molecule has 2 aliphatic rings. The summed E-state index contributed by atoms with van der Waals surface area (Å²) in [5, 5.41) is 10.7. The van der Waals surface area contributed by atoms with Crippen LogP contribution in [-0.2, 0) is 4.79 Å². The van der Waals surface area contributed by atoms with E-state index in [0.717, 1.165) is 31.1 Å². The van der Waals surface area contributed by atoms with Crippen LogP contribution in [0.5, 0.6) is 11.5 Å². The van der Waals surface area contributed by atoms with Gasteiger partial charge in [0.2, 0.25) is 0 Å². The van der Waals surface area contributed by atoms with Crippen molar-refractivity contribution in [2.24, 2.45) is 4.99 Å².